The third-order valence-electron chi connectivity index (χ3n) is 2.79. The Hall–Kier alpha value is -2.34. The molecule has 0 fully saturated rings. The molecule has 0 radical (unpaired) electrons. The van der Waals surface area contributed by atoms with Crippen LogP contribution in [-0.4, -0.2) is 24.2 Å². The third kappa shape index (κ3) is 6.52. The highest BCUT2D eigenvalue weighted by Gasteiger charge is 2.08. The van der Waals surface area contributed by atoms with E-state index in [4.69, 9.17) is 4.74 Å². The van der Waals surface area contributed by atoms with Crippen molar-refractivity contribution in [3.05, 3.63) is 60.4 Å². The van der Waals surface area contributed by atoms with Gasteiger partial charge >= 0.3 is 5.97 Å². The number of rotatable bonds is 7. The van der Waals surface area contributed by atoms with E-state index in [0.29, 0.717) is 11.4 Å². The summed E-state index contributed by atoms with van der Waals surface area (Å²) in [7, 11) is 0. The van der Waals surface area contributed by atoms with Crippen LogP contribution in [0.4, 0.5) is 10.1 Å². The molecular formula is C17H16FNO3S. The van der Waals surface area contributed by atoms with Gasteiger partial charge in [0.15, 0.2) is 6.61 Å². The molecule has 4 nitrogen and oxygen atoms in total. The number of hydrogen-bond acceptors (Lipinski definition) is 4. The van der Waals surface area contributed by atoms with Crippen molar-refractivity contribution in [2.45, 2.75) is 11.3 Å². The molecule has 0 aromatic heterocycles. The molecule has 0 heterocycles. The largest absolute Gasteiger partial charge is 0.456 e. The lowest BCUT2D eigenvalue weighted by molar-refractivity contribution is -0.146. The fourth-order valence-electron chi connectivity index (χ4n) is 1.75. The first-order valence-corrected chi connectivity index (χ1v) is 8.01. The molecule has 2 aromatic rings. The Bertz CT molecular complexity index is 664. The Balaban J connectivity index is 1.65. The van der Waals surface area contributed by atoms with Gasteiger partial charge in [-0.1, -0.05) is 24.3 Å². The number of halogens is 1. The standard InChI is InChI=1S/C17H16FNO3S/c18-13-5-4-6-14(11-13)19-16(20)12-22-17(21)9-10-23-15-7-2-1-3-8-15/h1-8,11H,9-10,12H2,(H,19,20). The summed E-state index contributed by atoms with van der Waals surface area (Å²) in [5.41, 5.74) is 0.325. The Kier molecular flexibility index (Phi) is 6.62. The second-order valence-electron chi connectivity index (χ2n) is 4.63. The smallest absolute Gasteiger partial charge is 0.307 e. The van der Waals surface area contributed by atoms with Crippen LogP contribution < -0.4 is 5.32 Å². The molecule has 2 aromatic carbocycles. The lowest BCUT2D eigenvalue weighted by atomic mass is 10.3. The molecule has 23 heavy (non-hydrogen) atoms. The van der Waals surface area contributed by atoms with Crippen LogP contribution in [0.1, 0.15) is 6.42 Å². The van der Waals surface area contributed by atoms with E-state index in [1.165, 1.54) is 18.2 Å². The van der Waals surface area contributed by atoms with Gasteiger partial charge in [0.2, 0.25) is 0 Å². The van der Waals surface area contributed by atoms with Crippen molar-refractivity contribution in [1.82, 2.24) is 0 Å². The number of thioether (sulfide) groups is 1. The van der Waals surface area contributed by atoms with Gasteiger partial charge in [-0.3, -0.25) is 9.59 Å². The zero-order chi connectivity index (χ0) is 16.5. The summed E-state index contributed by atoms with van der Waals surface area (Å²) in [4.78, 5) is 24.2. The van der Waals surface area contributed by atoms with Crippen LogP contribution in [-0.2, 0) is 14.3 Å². The van der Waals surface area contributed by atoms with Crippen LogP contribution >= 0.6 is 11.8 Å². The van der Waals surface area contributed by atoms with Crippen molar-refractivity contribution >= 4 is 29.3 Å². The van der Waals surface area contributed by atoms with Crippen molar-refractivity contribution in [3.63, 3.8) is 0 Å². The first-order valence-electron chi connectivity index (χ1n) is 7.02. The molecule has 1 N–H and O–H groups in total. The van der Waals surface area contributed by atoms with Gasteiger partial charge in [0.25, 0.3) is 5.91 Å². The predicted molar refractivity (Wildman–Crippen MR) is 87.8 cm³/mol. The minimum Gasteiger partial charge on any atom is -0.456 e. The average molecular weight is 333 g/mol. The molecule has 0 aliphatic heterocycles. The number of amides is 1. The van der Waals surface area contributed by atoms with Gasteiger partial charge in [-0.2, -0.15) is 0 Å². The van der Waals surface area contributed by atoms with E-state index in [-0.39, 0.29) is 13.0 Å². The van der Waals surface area contributed by atoms with Gasteiger partial charge in [0.1, 0.15) is 5.82 Å². The van der Waals surface area contributed by atoms with Gasteiger partial charge in [-0.15, -0.1) is 11.8 Å². The zero-order valence-electron chi connectivity index (χ0n) is 12.3. The summed E-state index contributed by atoms with van der Waals surface area (Å²) in [5.74, 6) is -0.811. The molecule has 0 unspecified atom stereocenters. The lowest BCUT2D eigenvalue weighted by Gasteiger charge is -2.06. The molecule has 0 bridgehead atoms. The number of carbonyl (C=O) groups excluding carboxylic acids is 2. The number of ether oxygens (including phenoxy) is 1. The van der Waals surface area contributed by atoms with Crippen molar-refractivity contribution in [1.29, 1.82) is 0 Å². The Morgan fingerprint density at radius 1 is 1.09 bits per heavy atom. The maximum absolute atomic E-state index is 13.0. The first-order chi connectivity index (χ1) is 11.1. The van der Waals surface area contributed by atoms with Gasteiger partial charge in [-0.05, 0) is 30.3 Å². The van der Waals surface area contributed by atoms with E-state index >= 15 is 0 Å². The maximum atomic E-state index is 13.0. The number of carbonyl (C=O) groups is 2. The van der Waals surface area contributed by atoms with Crippen LogP contribution in [0.15, 0.2) is 59.5 Å². The van der Waals surface area contributed by atoms with Crippen LogP contribution in [0.3, 0.4) is 0 Å². The SMILES string of the molecule is O=C(COC(=O)CCSc1ccccc1)Nc1cccc(F)c1. The fourth-order valence-corrected chi connectivity index (χ4v) is 2.60. The van der Waals surface area contributed by atoms with E-state index in [1.807, 2.05) is 30.3 Å². The Morgan fingerprint density at radius 2 is 1.87 bits per heavy atom. The monoisotopic (exact) mass is 333 g/mol. The summed E-state index contributed by atoms with van der Waals surface area (Å²) < 4.78 is 17.9. The topological polar surface area (TPSA) is 55.4 Å². The first kappa shape index (κ1) is 17.0. The molecular weight excluding hydrogens is 317 g/mol. The fraction of sp³-hybridized carbons (Fsp3) is 0.176. The van der Waals surface area contributed by atoms with Crippen molar-refractivity contribution in [2.24, 2.45) is 0 Å². The molecule has 120 valence electrons. The van der Waals surface area contributed by atoms with Crippen LogP contribution in [0.25, 0.3) is 0 Å². The highest BCUT2D eigenvalue weighted by Crippen LogP contribution is 2.17. The number of anilines is 1. The normalized spacial score (nSPS) is 10.1. The third-order valence-corrected chi connectivity index (χ3v) is 3.80. The second kappa shape index (κ2) is 8.95. The van der Waals surface area contributed by atoms with E-state index in [2.05, 4.69) is 5.32 Å². The van der Waals surface area contributed by atoms with Gasteiger partial charge in [0, 0.05) is 16.3 Å². The van der Waals surface area contributed by atoms with Crippen molar-refractivity contribution < 1.29 is 18.7 Å². The van der Waals surface area contributed by atoms with Gasteiger partial charge < -0.3 is 10.1 Å². The summed E-state index contributed by atoms with van der Waals surface area (Å²) in [6, 6.07) is 15.2. The quantitative estimate of drug-likeness (QED) is 0.622. The van der Waals surface area contributed by atoms with E-state index in [9.17, 15) is 14.0 Å². The minimum atomic E-state index is -0.500. The molecule has 0 aliphatic rings. The minimum absolute atomic E-state index is 0.215. The van der Waals surface area contributed by atoms with Crippen LogP contribution in [0.5, 0.6) is 0 Å². The molecule has 0 spiro atoms. The molecule has 0 saturated heterocycles. The molecule has 1 amide bonds. The van der Waals surface area contributed by atoms with E-state index in [0.717, 1.165) is 4.90 Å². The van der Waals surface area contributed by atoms with Gasteiger partial charge in [0.05, 0.1) is 6.42 Å². The predicted octanol–water partition coefficient (Wildman–Crippen LogP) is 3.49. The zero-order valence-corrected chi connectivity index (χ0v) is 13.1. The van der Waals surface area contributed by atoms with Crippen molar-refractivity contribution in [2.75, 3.05) is 17.7 Å². The molecule has 0 aliphatic carbocycles. The number of esters is 1. The Morgan fingerprint density at radius 3 is 2.61 bits per heavy atom. The summed E-state index contributed by atoms with van der Waals surface area (Å²) in [6.45, 7) is -0.384. The van der Waals surface area contributed by atoms with E-state index < -0.39 is 17.7 Å². The molecule has 0 saturated carbocycles. The summed E-state index contributed by atoms with van der Waals surface area (Å²) in [6.07, 6.45) is 0.215. The summed E-state index contributed by atoms with van der Waals surface area (Å²) in [5, 5.41) is 2.46. The average Bonchev–Trinajstić information content (AvgIpc) is 2.54. The number of benzene rings is 2. The lowest BCUT2D eigenvalue weighted by Crippen LogP contribution is -2.21. The number of nitrogens with one attached hydrogen (secondary N) is 1. The Labute approximate surface area is 138 Å². The van der Waals surface area contributed by atoms with Gasteiger partial charge in [-0.25, -0.2) is 4.39 Å². The van der Waals surface area contributed by atoms with Crippen LogP contribution in [0.2, 0.25) is 0 Å². The molecule has 0 atom stereocenters. The highest BCUT2D eigenvalue weighted by molar-refractivity contribution is 7.99. The molecule has 6 heteroatoms. The highest BCUT2D eigenvalue weighted by atomic mass is 32.2. The van der Waals surface area contributed by atoms with E-state index in [1.54, 1.807) is 17.8 Å². The second-order valence-corrected chi connectivity index (χ2v) is 5.80. The summed E-state index contributed by atoms with van der Waals surface area (Å²) >= 11 is 1.54. The molecule has 2 rings (SSSR count). The van der Waals surface area contributed by atoms with Crippen LogP contribution in [0, 0.1) is 5.82 Å². The maximum Gasteiger partial charge on any atom is 0.307 e. The van der Waals surface area contributed by atoms with Crippen molar-refractivity contribution in [3.8, 4) is 0 Å². The number of hydrogen-bond donors (Lipinski definition) is 1.